The maximum Gasteiger partial charge on any atom is 0.270 e. The van der Waals surface area contributed by atoms with Crippen molar-refractivity contribution in [2.45, 2.75) is 19.4 Å². The van der Waals surface area contributed by atoms with Crippen LogP contribution < -0.4 is 11.1 Å². The number of rotatable bonds is 5. The maximum atomic E-state index is 11.8. The fraction of sp³-hybridized carbons (Fsp3) is 0.364. The number of imidazole rings is 1. The fourth-order valence-corrected chi connectivity index (χ4v) is 2.18. The average Bonchev–Trinajstić information content (AvgIpc) is 2.99. The van der Waals surface area contributed by atoms with Gasteiger partial charge in [-0.05, 0) is 6.92 Å². The Balaban J connectivity index is 1.83. The van der Waals surface area contributed by atoms with Crippen LogP contribution in [0, 0.1) is 0 Å². The second-order valence-electron chi connectivity index (χ2n) is 3.94. The van der Waals surface area contributed by atoms with Gasteiger partial charge in [-0.1, -0.05) is 0 Å². The summed E-state index contributed by atoms with van der Waals surface area (Å²) < 4.78 is 0. The molecule has 7 heteroatoms. The van der Waals surface area contributed by atoms with Gasteiger partial charge in [-0.2, -0.15) is 0 Å². The van der Waals surface area contributed by atoms with E-state index >= 15 is 0 Å². The third-order valence-corrected chi connectivity index (χ3v) is 3.42. The van der Waals surface area contributed by atoms with Crippen LogP contribution in [0.2, 0.25) is 0 Å². The third-order valence-electron chi connectivity index (χ3n) is 2.38. The molecule has 2 aromatic heterocycles. The molecule has 4 N–H and O–H groups in total. The summed E-state index contributed by atoms with van der Waals surface area (Å²) in [4.78, 5) is 22.8. The van der Waals surface area contributed by atoms with Gasteiger partial charge in [0.05, 0.1) is 12.4 Å². The summed E-state index contributed by atoms with van der Waals surface area (Å²) in [5.74, 6) is -0.169. The molecule has 2 rings (SSSR count). The molecule has 1 unspecified atom stereocenters. The number of aromatic nitrogens is 3. The van der Waals surface area contributed by atoms with Crippen molar-refractivity contribution in [3.05, 3.63) is 34.3 Å². The quantitative estimate of drug-likeness (QED) is 0.747. The highest BCUT2D eigenvalue weighted by atomic mass is 32.1. The molecule has 0 aliphatic rings. The van der Waals surface area contributed by atoms with E-state index in [-0.39, 0.29) is 11.9 Å². The molecule has 0 aliphatic carbocycles. The first-order chi connectivity index (χ1) is 8.66. The standard InChI is InChI=1S/C11H15N5OS/c1-7(12)11-16-9(5-18-11)10(17)14-3-2-8-4-13-6-15-8/h4-7H,2-3,12H2,1H3,(H,13,15)(H,14,17). The summed E-state index contributed by atoms with van der Waals surface area (Å²) in [6.07, 6.45) is 4.08. The predicted octanol–water partition coefficient (Wildman–Crippen LogP) is 0.858. The molecule has 0 spiro atoms. The van der Waals surface area contributed by atoms with Crippen LogP contribution in [0.3, 0.4) is 0 Å². The molecule has 0 bridgehead atoms. The Hall–Kier alpha value is -1.73. The van der Waals surface area contributed by atoms with E-state index in [1.54, 1.807) is 17.9 Å². The van der Waals surface area contributed by atoms with E-state index in [1.807, 2.05) is 6.92 Å². The van der Waals surface area contributed by atoms with E-state index < -0.39 is 0 Å². The molecule has 0 saturated heterocycles. The zero-order valence-corrected chi connectivity index (χ0v) is 10.8. The molecule has 0 aromatic carbocycles. The Kier molecular flexibility index (Phi) is 4.06. The normalized spacial score (nSPS) is 12.3. The Morgan fingerprint density at radius 3 is 3.11 bits per heavy atom. The lowest BCUT2D eigenvalue weighted by Gasteiger charge is -2.01. The number of carbonyl (C=O) groups is 1. The molecule has 0 aliphatic heterocycles. The minimum Gasteiger partial charge on any atom is -0.350 e. The van der Waals surface area contributed by atoms with Crippen molar-refractivity contribution in [2.75, 3.05) is 6.54 Å². The summed E-state index contributed by atoms with van der Waals surface area (Å²) >= 11 is 1.40. The number of thiazole rings is 1. The first-order valence-electron chi connectivity index (χ1n) is 5.63. The van der Waals surface area contributed by atoms with E-state index in [9.17, 15) is 4.79 Å². The van der Waals surface area contributed by atoms with Crippen LogP contribution in [0.4, 0.5) is 0 Å². The van der Waals surface area contributed by atoms with Crippen molar-refractivity contribution in [1.29, 1.82) is 0 Å². The monoisotopic (exact) mass is 265 g/mol. The average molecular weight is 265 g/mol. The SMILES string of the molecule is CC(N)c1nc(C(=O)NCCc2cnc[nH]2)cs1. The molecular weight excluding hydrogens is 250 g/mol. The van der Waals surface area contributed by atoms with E-state index in [1.165, 1.54) is 11.3 Å². The second-order valence-corrected chi connectivity index (χ2v) is 4.83. The molecular formula is C11H15N5OS. The lowest BCUT2D eigenvalue weighted by Crippen LogP contribution is -2.26. The molecule has 0 radical (unpaired) electrons. The first kappa shape index (κ1) is 12.7. The van der Waals surface area contributed by atoms with Gasteiger partial charge in [-0.15, -0.1) is 11.3 Å². The van der Waals surface area contributed by atoms with Crippen molar-refractivity contribution in [3.63, 3.8) is 0 Å². The largest absolute Gasteiger partial charge is 0.350 e. The number of nitrogens with one attached hydrogen (secondary N) is 2. The van der Waals surface area contributed by atoms with Gasteiger partial charge in [0.2, 0.25) is 0 Å². The Morgan fingerprint density at radius 1 is 1.67 bits per heavy atom. The van der Waals surface area contributed by atoms with Crippen molar-refractivity contribution < 1.29 is 4.79 Å². The van der Waals surface area contributed by atoms with Gasteiger partial charge in [0.15, 0.2) is 0 Å². The zero-order valence-electron chi connectivity index (χ0n) is 10.0. The number of nitrogens with zero attached hydrogens (tertiary/aromatic N) is 2. The molecule has 1 amide bonds. The number of aromatic amines is 1. The van der Waals surface area contributed by atoms with Gasteiger partial charge < -0.3 is 16.0 Å². The molecule has 0 fully saturated rings. The van der Waals surface area contributed by atoms with Gasteiger partial charge in [0.25, 0.3) is 5.91 Å². The molecule has 6 nitrogen and oxygen atoms in total. The van der Waals surface area contributed by atoms with Gasteiger partial charge in [0, 0.05) is 30.2 Å². The minimum atomic E-state index is -0.169. The van der Waals surface area contributed by atoms with E-state index in [2.05, 4.69) is 20.3 Å². The first-order valence-corrected chi connectivity index (χ1v) is 6.51. The number of carbonyl (C=O) groups excluding carboxylic acids is 1. The smallest absolute Gasteiger partial charge is 0.270 e. The maximum absolute atomic E-state index is 11.8. The van der Waals surface area contributed by atoms with Crippen LogP contribution in [0.1, 0.15) is 34.2 Å². The van der Waals surface area contributed by atoms with Crippen LogP contribution in [0.15, 0.2) is 17.9 Å². The minimum absolute atomic E-state index is 0.137. The van der Waals surface area contributed by atoms with Gasteiger partial charge in [0.1, 0.15) is 10.7 Å². The number of nitrogens with two attached hydrogens (primary N) is 1. The van der Waals surface area contributed by atoms with Crippen LogP contribution in [-0.2, 0) is 6.42 Å². The Labute approximate surface area is 109 Å². The summed E-state index contributed by atoms with van der Waals surface area (Å²) in [5, 5.41) is 5.30. The van der Waals surface area contributed by atoms with E-state index in [0.29, 0.717) is 12.2 Å². The summed E-state index contributed by atoms with van der Waals surface area (Å²) in [6.45, 7) is 2.39. The molecule has 2 heterocycles. The molecule has 2 aromatic rings. The predicted molar refractivity (Wildman–Crippen MR) is 69.3 cm³/mol. The van der Waals surface area contributed by atoms with Crippen LogP contribution in [0.5, 0.6) is 0 Å². The second kappa shape index (κ2) is 5.74. The number of amides is 1. The highest BCUT2D eigenvalue weighted by Gasteiger charge is 2.12. The van der Waals surface area contributed by atoms with Gasteiger partial charge >= 0.3 is 0 Å². The molecule has 96 valence electrons. The van der Waals surface area contributed by atoms with Crippen molar-refractivity contribution >= 4 is 17.2 Å². The van der Waals surface area contributed by atoms with Crippen LogP contribution in [-0.4, -0.2) is 27.4 Å². The summed E-state index contributed by atoms with van der Waals surface area (Å²) in [5.41, 5.74) is 7.11. The topological polar surface area (TPSA) is 96.7 Å². The van der Waals surface area contributed by atoms with Gasteiger partial charge in [-0.3, -0.25) is 4.79 Å². The zero-order chi connectivity index (χ0) is 13.0. The Morgan fingerprint density at radius 2 is 2.50 bits per heavy atom. The number of H-pyrrole nitrogens is 1. The van der Waals surface area contributed by atoms with Crippen molar-refractivity contribution in [3.8, 4) is 0 Å². The highest BCUT2D eigenvalue weighted by molar-refractivity contribution is 7.09. The molecule has 1 atom stereocenters. The number of hydrogen-bond acceptors (Lipinski definition) is 5. The van der Waals surface area contributed by atoms with E-state index in [0.717, 1.165) is 17.1 Å². The van der Waals surface area contributed by atoms with Gasteiger partial charge in [-0.25, -0.2) is 9.97 Å². The van der Waals surface area contributed by atoms with Crippen LogP contribution in [0.25, 0.3) is 0 Å². The van der Waals surface area contributed by atoms with E-state index in [4.69, 9.17) is 5.73 Å². The third kappa shape index (κ3) is 3.14. The van der Waals surface area contributed by atoms with Crippen LogP contribution >= 0.6 is 11.3 Å². The molecule has 0 saturated carbocycles. The summed E-state index contributed by atoms with van der Waals surface area (Å²) in [6, 6.07) is -0.137. The molecule has 18 heavy (non-hydrogen) atoms. The lowest BCUT2D eigenvalue weighted by atomic mass is 10.3. The number of hydrogen-bond donors (Lipinski definition) is 3. The van der Waals surface area contributed by atoms with Crippen molar-refractivity contribution in [2.24, 2.45) is 5.73 Å². The Bertz CT molecular complexity index is 505. The lowest BCUT2D eigenvalue weighted by molar-refractivity contribution is 0.0949. The highest BCUT2D eigenvalue weighted by Crippen LogP contribution is 2.15. The van der Waals surface area contributed by atoms with Crippen molar-refractivity contribution in [1.82, 2.24) is 20.3 Å². The summed E-state index contributed by atoms with van der Waals surface area (Å²) in [7, 11) is 0. The fourth-order valence-electron chi connectivity index (χ4n) is 1.42.